The van der Waals surface area contributed by atoms with Gasteiger partial charge in [0.1, 0.15) is 0 Å². The van der Waals surface area contributed by atoms with Gasteiger partial charge in [0.25, 0.3) is 0 Å². The van der Waals surface area contributed by atoms with Gasteiger partial charge in [-0.3, -0.25) is 9.59 Å². The molecule has 0 atom stereocenters. The van der Waals surface area contributed by atoms with Crippen molar-refractivity contribution in [1.29, 1.82) is 0 Å². The largest absolute Gasteiger partial charge is 0.466 e. The number of hydrogen-bond acceptors (Lipinski definition) is 3. The molecule has 4 heteroatoms. The highest BCUT2D eigenvalue weighted by Gasteiger charge is 2.32. The molecule has 21 heavy (non-hydrogen) atoms. The standard InChI is InChI=1S/C17H31NO3/c1-5-17(3,4)13-7-9-14(10-8-13)18-15(19)11-12-16(20)21-6-2/h13-14H,5-12H2,1-4H3,(H,18,19). The van der Waals surface area contributed by atoms with Crippen LogP contribution in [0.25, 0.3) is 0 Å². The fourth-order valence-electron chi connectivity index (χ4n) is 3.06. The Balaban J connectivity index is 2.26. The highest BCUT2D eigenvalue weighted by Crippen LogP contribution is 2.40. The van der Waals surface area contributed by atoms with Gasteiger partial charge >= 0.3 is 5.97 Å². The normalized spacial score (nSPS) is 22.7. The smallest absolute Gasteiger partial charge is 0.306 e. The molecule has 0 bridgehead atoms. The van der Waals surface area contributed by atoms with Gasteiger partial charge in [-0.1, -0.05) is 27.2 Å². The van der Waals surface area contributed by atoms with Crippen LogP contribution in [0.1, 0.15) is 72.6 Å². The second-order valence-electron chi connectivity index (χ2n) is 6.76. The van der Waals surface area contributed by atoms with Gasteiger partial charge in [-0.05, 0) is 43.9 Å². The Morgan fingerprint density at radius 2 is 1.71 bits per heavy atom. The molecule has 0 aromatic rings. The fraction of sp³-hybridized carbons (Fsp3) is 0.882. The first-order valence-electron chi connectivity index (χ1n) is 8.34. The summed E-state index contributed by atoms with van der Waals surface area (Å²) < 4.78 is 4.83. The Morgan fingerprint density at radius 1 is 1.10 bits per heavy atom. The minimum absolute atomic E-state index is 0.0266. The molecule has 1 aliphatic carbocycles. The van der Waals surface area contributed by atoms with E-state index >= 15 is 0 Å². The third-order valence-corrected chi connectivity index (χ3v) is 4.97. The predicted octanol–water partition coefficient (Wildman–Crippen LogP) is 3.44. The second-order valence-corrected chi connectivity index (χ2v) is 6.76. The van der Waals surface area contributed by atoms with E-state index in [0.29, 0.717) is 12.0 Å². The van der Waals surface area contributed by atoms with Crippen molar-refractivity contribution in [2.45, 2.75) is 78.7 Å². The predicted molar refractivity (Wildman–Crippen MR) is 83.8 cm³/mol. The number of hydrogen-bond donors (Lipinski definition) is 1. The molecule has 1 rings (SSSR count). The summed E-state index contributed by atoms with van der Waals surface area (Å²) in [5, 5.41) is 3.06. The van der Waals surface area contributed by atoms with E-state index in [4.69, 9.17) is 4.74 Å². The zero-order chi connectivity index (χ0) is 15.9. The molecule has 0 aliphatic heterocycles. The van der Waals surface area contributed by atoms with Crippen LogP contribution in [0.5, 0.6) is 0 Å². The van der Waals surface area contributed by atoms with E-state index in [-0.39, 0.29) is 30.8 Å². The van der Waals surface area contributed by atoms with Crippen LogP contribution in [-0.4, -0.2) is 24.5 Å². The Labute approximate surface area is 129 Å². The quantitative estimate of drug-likeness (QED) is 0.732. The van der Waals surface area contributed by atoms with E-state index in [0.717, 1.165) is 18.8 Å². The van der Waals surface area contributed by atoms with E-state index in [2.05, 4.69) is 26.1 Å². The molecule has 0 aromatic carbocycles. The fourth-order valence-corrected chi connectivity index (χ4v) is 3.06. The van der Waals surface area contributed by atoms with Crippen LogP contribution in [0.3, 0.4) is 0 Å². The first-order valence-corrected chi connectivity index (χ1v) is 8.34. The highest BCUT2D eigenvalue weighted by atomic mass is 16.5. The Morgan fingerprint density at radius 3 is 2.24 bits per heavy atom. The van der Waals surface area contributed by atoms with Gasteiger partial charge in [-0.15, -0.1) is 0 Å². The first-order chi connectivity index (χ1) is 9.89. The summed E-state index contributed by atoms with van der Waals surface area (Å²) in [6, 6.07) is 0.281. The number of rotatable bonds is 7. The molecule has 0 spiro atoms. The molecule has 1 amide bonds. The van der Waals surface area contributed by atoms with E-state index in [1.807, 2.05) is 0 Å². The van der Waals surface area contributed by atoms with E-state index in [1.165, 1.54) is 19.3 Å². The van der Waals surface area contributed by atoms with Crippen LogP contribution in [0.15, 0.2) is 0 Å². The summed E-state index contributed by atoms with van der Waals surface area (Å²) in [6.45, 7) is 9.08. The third-order valence-electron chi connectivity index (χ3n) is 4.97. The Hall–Kier alpha value is -1.06. The summed E-state index contributed by atoms with van der Waals surface area (Å²) in [5.74, 6) is 0.442. The Kier molecular flexibility index (Phi) is 7.20. The maximum absolute atomic E-state index is 11.8. The van der Waals surface area contributed by atoms with Crippen molar-refractivity contribution in [2.75, 3.05) is 6.61 Å². The number of carbonyl (C=O) groups excluding carboxylic acids is 2. The summed E-state index contributed by atoms with van der Waals surface area (Å²) in [4.78, 5) is 23.1. The monoisotopic (exact) mass is 297 g/mol. The summed E-state index contributed by atoms with van der Waals surface area (Å²) >= 11 is 0. The van der Waals surface area contributed by atoms with Crippen molar-refractivity contribution >= 4 is 11.9 Å². The molecule has 0 heterocycles. The lowest BCUT2D eigenvalue weighted by Crippen LogP contribution is -2.40. The lowest BCUT2D eigenvalue weighted by Gasteiger charge is -2.39. The first kappa shape index (κ1) is 18.0. The SMILES string of the molecule is CCOC(=O)CCC(=O)NC1CCC(C(C)(C)CC)CC1. The van der Waals surface area contributed by atoms with Crippen molar-refractivity contribution < 1.29 is 14.3 Å². The van der Waals surface area contributed by atoms with Crippen LogP contribution < -0.4 is 5.32 Å². The number of ether oxygens (including phenoxy) is 1. The lowest BCUT2D eigenvalue weighted by molar-refractivity contribution is -0.144. The van der Waals surface area contributed by atoms with Gasteiger partial charge in [-0.2, -0.15) is 0 Å². The van der Waals surface area contributed by atoms with Gasteiger partial charge in [-0.25, -0.2) is 0 Å². The summed E-state index contributed by atoms with van der Waals surface area (Å²) in [6.07, 6.45) is 6.09. The molecular weight excluding hydrogens is 266 g/mol. The Bertz CT molecular complexity index is 344. The van der Waals surface area contributed by atoms with Crippen molar-refractivity contribution in [3.63, 3.8) is 0 Å². The topological polar surface area (TPSA) is 55.4 Å². The maximum Gasteiger partial charge on any atom is 0.306 e. The van der Waals surface area contributed by atoms with Crippen molar-refractivity contribution in [3.8, 4) is 0 Å². The van der Waals surface area contributed by atoms with E-state index < -0.39 is 0 Å². The van der Waals surface area contributed by atoms with E-state index in [9.17, 15) is 9.59 Å². The van der Waals surface area contributed by atoms with Crippen LogP contribution in [0.4, 0.5) is 0 Å². The van der Waals surface area contributed by atoms with Gasteiger partial charge in [0.2, 0.25) is 5.91 Å². The van der Waals surface area contributed by atoms with Crippen molar-refractivity contribution in [2.24, 2.45) is 11.3 Å². The average Bonchev–Trinajstić information content (AvgIpc) is 2.46. The van der Waals surface area contributed by atoms with Crippen LogP contribution in [0, 0.1) is 11.3 Å². The average molecular weight is 297 g/mol. The van der Waals surface area contributed by atoms with Crippen molar-refractivity contribution in [3.05, 3.63) is 0 Å². The molecule has 0 radical (unpaired) electrons. The highest BCUT2D eigenvalue weighted by molar-refractivity contribution is 5.81. The molecular formula is C17H31NO3. The molecule has 1 saturated carbocycles. The number of nitrogens with one attached hydrogen (secondary N) is 1. The van der Waals surface area contributed by atoms with Gasteiger partial charge in [0.05, 0.1) is 13.0 Å². The van der Waals surface area contributed by atoms with E-state index in [1.54, 1.807) is 6.92 Å². The number of carbonyl (C=O) groups is 2. The third kappa shape index (κ3) is 6.06. The van der Waals surface area contributed by atoms with Gasteiger partial charge in [0, 0.05) is 12.5 Å². The van der Waals surface area contributed by atoms with Crippen molar-refractivity contribution in [1.82, 2.24) is 5.32 Å². The second kappa shape index (κ2) is 8.40. The number of esters is 1. The van der Waals surface area contributed by atoms with Gasteiger partial charge in [0.15, 0.2) is 0 Å². The minimum atomic E-state index is -0.291. The summed E-state index contributed by atoms with van der Waals surface area (Å²) in [7, 11) is 0. The molecule has 1 N–H and O–H groups in total. The van der Waals surface area contributed by atoms with Crippen LogP contribution in [0.2, 0.25) is 0 Å². The zero-order valence-electron chi connectivity index (χ0n) is 14.0. The molecule has 1 aliphatic rings. The molecule has 4 nitrogen and oxygen atoms in total. The number of amides is 1. The summed E-state index contributed by atoms with van der Waals surface area (Å²) in [5.41, 5.74) is 0.402. The van der Waals surface area contributed by atoms with Crippen LogP contribution in [-0.2, 0) is 14.3 Å². The molecule has 122 valence electrons. The van der Waals surface area contributed by atoms with Gasteiger partial charge < -0.3 is 10.1 Å². The van der Waals surface area contributed by atoms with Crippen LogP contribution >= 0.6 is 0 Å². The molecule has 0 aromatic heterocycles. The molecule has 0 unspecified atom stereocenters. The lowest BCUT2D eigenvalue weighted by atomic mass is 9.69. The maximum atomic E-state index is 11.8. The molecule has 0 saturated heterocycles. The minimum Gasteiger partial charge on any atom is -0.466 e. The molecule has 1 fully saturated rings. The zero-order valence-corrected chi connectivity index (χ0v) is 14.0.